The molecule has 1 heterocycles. The molecule has 0 spiro atoms. The van der Waals surface area contributed by atoms with Crippen LogP contribution in [0.1, 0.15) is 17.2 Å². The third-order valence-electron chi connectivity index (χ3n) is 3.94. The number of nitrogens with zero attached hydrogens (tertiary/aromatic N) is 1. The van der Waals surface area contributed by atoms with Gasteiger partial charge in [-0.25, -0.2) is 8.78 Å². The van der Waals surface area contributed by atoms with Crippen molar-refractivity contribution in [1.82, 2.24) is 5.32 Å². The van der Waals surface area contributed by atoms with Crippen LogP contribution in [-0.4, -0.2) is 18.0 Å². The Hall–Kier alpha value is -2.54. The minimum atomic E-state index is -0.971. The number of benzene rings is 2. The van der Waals surface area contributed by atoms with E-state index in [2.05, 4.69) is 10.6 Å². The lowest BCUT2D eigenvalue weighted by Crippen LogP contribution is -2.34. The maximum atomic E-state index is 13.9. The molecule has 0 bridgehead atoms. The van der Waals surface area contributed by atoms with Gasteiger partial charge >= 0.3 is 0 Å². The van der Waals surface area contributed by atoms with Gasteiger partial charge in [-0.05, 0) is 24.1 Å². The zero-order valence-corrected chi connectivity index (χ0v) is 12.2. The summed E-state index contributed by atoms with van der Waals surface area (Å²) in [4.78, 5) is 9.78. The minimum absolute atomic E-state index is 0.0751. The predicted molar refractivity (Wildman–Crippen MR) is 82.4 cm³/mol. The van der Waals surface area contributed by atoms with Gasteiger partial charge in [0.2, 0.25) is 0 Å². The summed E-state index contributed by atoms with van der Waals surface area (Å²) in [6.07, 6.45) is 0.910. The van der Waals surface area contributed by atoms with Crippen LogP contribution in [0.2, 0.25) is 0 Å². The summed E-state index contributed by atoms with van der Waals surface area (Å²) in [5.74, 6) is -1.94. The molecule has 0 aliphatic carbocycles. The zero-order chi connectivity index (χ0) is 16.4. The highest BCUT2D eigenvalue weighted by molar-refractivity contribution is 5.52. The number of rotatable bonds is 4. The van der Waals surface area contributed by atoms with Gasteiger partial charge < -0.3 is 10.6 Å². The molecule has 120 valence electrons. The average molecular weight is 319 g/mol. The van der Waals surface area contributed by atoms with Crippen molar-refractivity contribution in [2.24, 2.45) is 0 Å². The van der Waals surface area contributed by atoms with Crippen LogP contribution in [0.5, 0.6) is 0 Å². The average Bonchev–Trinajstić information content (AvgIpc) is 2.54. The lowest BCUT2D eigenvalue weighted by Gasteiger charge is -2.27. The largest absolute Gasteiger partial charge is 0.378 e. The van der Waals surface area contributed by atoms with Crippen LogP contribution in [0.4, 0.5) is 20.2 Å². The summed E-state index contributed by atoms with van der Waals surface area (Å²) in [6, 6.07) is 9.26. The van der Waals surface area contributed by atoms with E-state index in [0.29, 0.717) is 12.1 Å². The van der Waals surface area contributed by atoms with E-state index >= 15 is 0 Å². The Labute approximate surface area is 131 Å². The number of hydrogen-bond acceptors (Lipinski definition) is 4. The molecule has 5 nitrogen and oxygen atoms in total. The third kappa shape index (κ3) is 3.14. The van der Waals surface area contributed by atoms with E-state index in [4.69, 9.17) is 0 Å². The smallest absolute Gasteiger partial charge is 0.275 e. The van der Waals surface area contributed by atoms with Crippen molar-refractivity contribution in [1.29, 1.82) is 0 Å². The second-order valence-electron chi connectivity index (χ2n) is 5.38. The van der Waals surface area contributed by atoms with Crippen molar-refractivity contribution in [2.45, 2.75) is 12.5 Å². The van der Waals surface area contributed by atoms with Crippen molar-refractivity contribution in [3.63, 3.8) is 0 Å². The molecule has 0 saturated heterocycles. The number of fused-ring (bicyclic) bond motifs is 1. The van der Waals surface area contributed by atoms with Crippen molar-refractivity contribution in [3.05, 3.63) is 69.3 Å². The molecular weight excluding hydrogens is 304 g/mol. The Morgan fingerprint density at radius 3 is 2.65 bits per heavy atom. The molecule has 1 atom stereocenters. The third-order valence-corrected chi connectivity index (χ3v) is 3.94. The molecule has 23 heavy (non-hydrogen) atoms. The number of non-ortho nitro benzene ring substituents is 1. The number of nitro groups is 1. The molecule has 1 aliphatic heterocycles. The van der Waals surface area contributed by atoms with Gasteiger partial charge in [-0.2, -0.15) is 0 Å². The van der Waals surface area contributed by atoms with Crippen molar-refractivity contribution < 1.29 is 13.7 Å². The van der Waals surface area contributed by atoms with Gasteiger partial charge in [-0.15, -0.1) is 0 Å². The fourth-order valence-electron chi connectivity index (χ4n) is 2.81. The Balaban J connectivity index is 1.78. The fraction of sp³-hybridized carbons (Fsp3) is 0.250. The first-order valence-corrected chi connectivity index (χ1v) is 7.25. The summed E-state index contributed by atoms with van der Waals surface area (Å²) in [6.45, 7) is 1.07. The predicted octanol–water partition coefficient (Wildman–Crippen LogP) is 3.17. The van der Waals surface area contributed by atoms with E-state index in [0.717, 1.165) is 18.5 Å². The van der Waals surface area contributed by atoms with Gasteiger partial charge in [-0.1, -0.05) is 24.3 Å². The van der Waals surface area contributed by atoms with Gasteiger partial charge in [-0.3, -0.25) is 10.1 Å². The van der Waals surface area contributed by atoms with Crippen LogP contribution in [0.15, 0.2) is 36.4 Å². The van der Waals surface area contributed by atoms with Gasteiger partial charge in [0.15, 0.2) is 11.6 Å². The quantitative estimate of drug-likeness (QED) is 0.671. The van der Waals surface area contributed by atoms with Crippen LogP contribution in [0.3, 0.4) is 0 Å². The first-order valence-electron chi connectivity index (χ1n) is 7.25. The summed E-state index contributed by atoms with van der Waals surface area (Å²) in [7, 11) is 0. The van der Waals surface area contributed by atoms with Crippen molar-refractivity contribution in [3.8, 4) is 0 Å². The monoisotopic (exact) mass is 319 g/mol. The molecule has 0 radical (unpaired) electrons. The van der Waals surface area contributed by atoms with Crippen LogP contribution in [0, 0.1) is 21.7 Å². The summed E-state index contributed by atoms with van der Waals surface area (Å²) >= 11 is 0. The molecule has 2 N–H and O–H groups in total. The first-order chi connectivity index (χ1) is 11.1. The molecule has 3 rings (SSSR count). The molecule has 7 heteroatoms. The molecule has 2 aromatic rings. The second-order valence-corrected chi connectivity index (χ2v) is 5.38. The molecule has 0 aromatic heterocycles. The molecule has 2 aromatic carbocycles. The van der Waals surface area contributed by atoms with E-state index < -0.39 is 22.2 Å². The van der Waals surface area contributed by atoms with Gasteiger partial charge in [0.05, 0.1) is 17.1 Å². The number of halogens is 2. The lowest BCUT2D eigenvalue weighted by atomic mass is 9.94. The normalized spacial score (nSPS) is 16.7. The summed E-state index contributed by atoms with van der Waals surface area (Å²) < 4.78 is 27.8. The minimum Gasteiger partial charge on any atom is -0.378 e. The van der Waals surface area contributed by atoms with Gasteiger partial charge in [0, 0.05) is 12.6 Å². The standard InChI is InChI=1S/C16H15F2N3O2/c17-13-7-11(21(22)23)8-14(18)16(13)20-9-15-12-4-2-1-3-10(12)5-6-19-15/h1-4,7-8,15,19-20H,5-6,9H2. The topological polar surface area (TPSA) is 67.2 Å². The second kappa shape index (κ2) is 6.29. The molecular formula is C16H15F2N3O2. The van der Waals surface area contributed by atoms with Crippen molar-refractivity contribution >= 4 is 11.4 Å². The Bertz CT molecular complexity index is 729. The van der Waals surface area contributed by atoms with E-state index in [1.807, 2.05) is 24.3 Å². The fourth-order valence-corrected chi connectivity index (χ4v) is 2.81. The van der Waals surface area contributed by atoms with E-state index in [1.165, 1.54) is 5.56 Å². The van der Waals surface area contributed by atoms with Crippen LogP contribution < -0.4 is 10.6 Å². The maximum absolute atomic E-state index is 13.9. The first kappa shape index (κ1) is 15.4. The number of nitro benzene ring substituents is 1. The molecule has 1 unspecified atom stereocenters. The highest BCUT2D eigenvalue weighted by Gasteiger charge is 2.21. The van der Waals surface area contributed by atoms with E-state index in [1.54, 1.807) is 0 Å². The molecule has 1 aliphatic rings. The molecule has 0 amide bonds. The Morgan fingerprint density at radius 2 is 1.96 bits per heavy atom. The van der Waals surface area contributed by atoms with Crippen molar-refractivity contribution in [2.75, 3.05) is 18.4 Å². The zero-order valence-electron chi connectivity index (χ0n) is 12.2. The highest BCUT2D eigenvalue weighted by Crippen LogP contribution is 2.27. The van der Waals surface area contributed by atoms with E-state index in [-0.39, 0.29) is 18.3 Å². The number of hydrogen-bond donors (Lipinski definition) is 2. The van der Waals surface area contributed by atoms with Crippen LogP contribution in [0.25, 0.3) is 0 Å². The Morgan fingerprint density at radius 1 is 1.26 bits per heavy atom. The molecule has 0 saturated carbocycles. The highest BCUT2D eigenvalue weighted by atomic mass is 19.1. The summed E-state index contributed by atoms with van der Waals surface area (Å²) in [5.41, 5.74) is 1.35. The Kier molecular flexibility index (Phi) is 4.20. The van der Waals surface area contributed by atoms with E-state index in [9.17, 15) is 18.9 Å². The van der Waals surface area contributed by atoms with Gasteiger partial charge in [0.1, 0.15) is 5.69 Å². The summed E-state index contributed by atoms with van der Waals surface area (Å²) in [5, 5.41) is 16.6. The lowest BCUT2D eigenvalue weighted by molar-refractivity contribution is -0.385. The number of nitrogens with one attached hydrogen (secondary N) is 2. The van der Waals surface area contributed by atoms with Crippen LogP contribution >= 0.6 is 0 Å². The molecule has 0 fully saturated rings. The maximum Gasteiger partial charge on any atom is 0.275 e. The SMILES string of the molecule is O=[N+]([O-])c1cc(F)c(NCC2NCCc3ccccc32)c(F)c1. The number of anilines is 1. The van der Waals surface area contributed by atoms with Crippen LogP contribution in [-0.2, 0) is 6.42 Å². The van der Waals surface area contributed by atoms with Gasteiger partial charge in [0.25, 0.3) is 5.69 Å².